The Hall–Kier alpha value is -1.84. The second kappa shape index (κ2) is 7.56. The van der Waals surface area contributed by atoms with Crippen LogP contribution in [0, 0.1) is 5.92 Å². The second-order valence-electron chi connectivity index (χ2n) is 5.00. The Kier molecular flexibility index (Phi) is 6.06. The molecule has 1 atom stereocenters. The van der Waals surface area contributed by atoms with E-state index in [0.29, 0.717) is 6.42 Å². The van der Waals surface area contributed by atoms with Gasteiger partial charge in [-0.05, 0) is 24.8 Å². The number of hydrogen-bond donors (Lipinski definition) is 2. The summed E-state index contributed by atoms with van der Waals surface area (Å²) in [5, 5.41) is 2.69. The van der Waals surface area contributed by atoms with Crippen molar-refractivity contribution in [3.8, 4) is 0 Å². The minimum atomic E-state index is -0.571. The van der Waals surface area contributed by atoms with E-state index in [9.17, 15) is 9.59 Å². The van der Waals surface area contributed by atoms with Gasteiger partial charge in [0, 0.05) is 5.92 Å². The number of benzene rings is 1. The van der Waals surface area contributed by atoms with Crippen LogP contribution in [-0.2, 0) is 16.0 Å². The van der Waals surface area contributed by atoms with Crippen LogP contribution in [0.3, 0.4) is 0 Å². The Morgan fingerprint density at radius 2 is 1.84 bits per heavy atom. The molecule has 0 bridgehead atoms. The van der Waals surface area contributed by atoms with Crippen LogP contribution >= 0.6 is 0 Å². The standard InChI is InChI=1S/C15H22N2O2/c1-11(2)15(19)17-13(14(16)18)10-6-9-12-7-4-3-5-8-12/h3-5,7-8,11,13H,6,9-10H2,1-2H3,(H2,16,18)(H,17,19)/t13-/m1/s1. The van der Waals surface area contributed by atoms with Crippen LogP contribution < -0.4 is 11.1 Å². The van der Waals surface area contributed by atoms with Gasteiger partial charge < -0.3 is 11.1 Å². The first-order chi connectivity index (χ1) is 9.00. The predicted octanol–water partition coefficient (Wildman–Crippen LogP) is 1.64. The Labute approximate surface area is 114 Å². The van der Waals surface area contributed by atoms with E-state index in [1.165, 1.54) is 5.56 Å². The molecule has 0 aliphatic carbocycles. The molecule has 19 heavy (non-hydrogen) atoms. The molecular weight excluding hydrogens is 240 g/mol. The van der Waals surface area contributed by atoms with Crippen LogP contribution in [0.2, 0.25) is 0 Å². The Bertz CT molecular complexity index is 415. The van der Waals surface area contributed by atoms with Gasteiger partial charge in [-0.25, -0.2) is 0 Å². The molecule has 104 valence electrons. The summed E-state index contributed by atoms with van der Waals surface area (Å²) < 4.78 is 0. The van der Waals surface area contributed by atoms with Gasteiger partial charge in [-0.15, -0.1) is 0 Å². The lowest BCUT2D eigenvalue weighted by atomic mass is 10.0. The fourth-order valence-electron chi connectivity index (χ4n) is 1.78. The van der Waals surface area contributed by atoms with Gasteiger partial charge in [-0.3, -0.25) is 9.59 Å². The SMILES string of the molecule is CC(C)C(=O)N[C@H](CCCc1ccccc1)C(N)=O. The van der Waals surface area contributed by atoms with Crippen molar-refractivity contribution >= 4 is 11.8 Å². The molecule has 0 fully saturated rings. The number of hydrogen-bond acceptors (Lipinski definition) is 2. The number of carbonyl (C=O) groups excluding carboxylic acids is 2. The number of amides is 2. The highest BCUT2D eigenvalue weighted by Gasteiger charge is 2.18. The Morgan fingerprint density at radius 3 is 2.37 bits per heavy atom. The number of rotatable bonds is 7. The lowest BCUT2D eigenvalue weighted by Crippen LogP contribution is -2.45. The minimum absolute atomic E-state index is 0.136. The van der Waals surface area contributed by atoms with Crippen molar-refractivity contribution in [2.24, 2.45) is 11.7 Å². The van der Waals surface area contributed by atoms with Gasteiger partial charge in [-0.1, -0.05) is 44.2 Å². The molecule has 1 aromatic carbocycles. The first-order valence-electron chi connectivity index (χ1n) is 6.64. The number of primary amides is 1. The summed E-state index contributed by atoms with van der Waals surface area (Å²) in [6.45, 7) is 3.58. The van der Waals surface area contributed by atoms with Gasteiger partial charge in [0.05, 0.1) is 0 Å². The van der Waals surface area contributed by atoms with Crippen molar-refractivity contribution < 1.29 is 9.59 Å². The molecule has 0 radical (unpaired) electrons. The van der Waals surface area contributed by atoms with E-state index in [1.54, 1.807) is 13.8 Å². The van der Waals surface area contributed by atoms with E-state index in [2.05, 4.69) is 5.32 Å². The van der Waals surface area contributed by atoms with E-state index in [1.807, 2.05) is 30.3 Å². The summed E-state index contributed by atoms with van der Waals surface area (Å²) in [5.41, 5.74) is 6.53. The molecule has 4 heteroatoms. The zero-order valence-corrected chi connectivity index (χ0v) is 11.6. The molecule has 4 nitrogen and oxygen atoms in total. The summed E-state index contributed by atoms with van der Waals surface area (Å²) >= 11 is 0. The molecule has 0 saturated heterocycles. The maximum absolute atomic E-state index is 11.6. The number of aryl methyl sites for hydroxylation is 1. The van der Waals surface area contributed by atoms with Gasteiger partial charge in [-0.2, -0.15) is 0 Å². The summed E-state index contributed by atoms with van der Waals surface area (Å²) in [6.07, 6.45) is 2.26. The van der Waals surface area contributed by atoms with Crippen molar-refractivity contribution in [2.45, 2.75) is 39.2 Å². The maximum Gasteiger partial charge on any atom is 0.239 e. The van der Waals surface area contributed by atoms with Gasteiger partial charge in [0.2, 0.25) is 11.8 Å². The molecule has 1 rings (SSSR count). The van der Waals surface area contributed by atoms with Crippen molar-refractivity contribution in [1.82, 2.24) is 5.32 Å². The summed E-state index contributed by atoms with van der Waals surface area (Å²) in [4.78, 5) is 22.9. The molecule has 0 aromatic heterocycles. The van der Waals surface area contributed by atoms with Crippen LogP contribution in [0.4, 0.5) is 0 Å². The average molecular weight is 262 g/mol. The van der Waals surface area contributed by atoms with Gasteiger partial charge in [0.1, 0.15) is 6.04 Å². The minimum Gasteiger partial charge on any atom is -0.368 e. The molecule has 0 aliphatic rings. The van der Waals surface area contributed by atoms with Crippen molar-refractivity contribution in [2.75, 3.05) is 0 Å². The highest BCUT2D eigenvalue weighted by atomic mass is 16.2. The van der Waals surface area contributed by atoms with E-state index >= 15 is 0 Å². The summed E-state index contributed by atoms with van der Waals surface area (Å²) in [5.74, 6) is -0.749. The zero-order chi connectivity index (χ0) is 14.3. The third-order valence-corrected chi connectivity index (χ3v) is 2.99. The van der Waals surface area contributed by atoms with E-state index in [4.69, 9.17) is 5.73 Å². The van der Waals surface area contributed by atoms with Crippen LogP contribution in [0.25, 0.3) is 0 Å². The molecule has 0 spiro atoms. The first kappa shape index (κ1) is 15.2. The van der Waals surface area contributed by atoms with Crippen LogP contribution in [0.15, 0.2) is 30.3 Å². The van der Waals surface area contributed by atoms with Crippen molar-refractivity contribution in [3.05, 3.63) is 35.9 Å². The monoisotopic (exact) mass is 262 g/mol. The topological polar surface area (TPSA) is 72.2 Å². The molecule has 0 heterocycles. The maximum atomic E-state index is 11.6. The summed E-state index contributed by atoms with van der Waals surface area (Å²) in [6, 6.07) is 9.47. The molecule has 1 aromatic rings. The van der Waals surface area contributed by atoms with Gasteiger partial charge >= 0.3 is 0 Å². The lowest BCUT2D eigenvalue weighted by molar-refractivity contribution is -0.129. The number of nitrogens with two attached hydrogens (primary N) is 1. The lowest BCUT2D eigenvalue weighted by Gasteiger charge is -2.16. The van der Waals surface area contributed by atoms with E-state index in [0.717, 1.165) is 12.8 Å². The number of nitrogens with one attached hydrogen (secondary N) is 1. The first-order valence-corrected chi connectivity index (χ1v) is 6.64. The fourth-order valence-corrected chi connectivity index (χ4v) is 1.78. The molecule has 0 aliphatic heterocycles. The third kappa shape index (κ3) is 5.55. The predicted molar refractivity (Wildman–Crippen MR) is 75.3 cm³/mol. The Morgan fingerprint density at radius 1 is 1.21 bits per heavy atom. The molecule has 3 N–H and O–H groups in total. The normalized spacial score (nSPS) is 12.2. The van der Waals surface area contributed by atoms with Crippen molar-refractivity contribution in [3.63, 3.8) is 0 Å². The highest BCUT2D eigenvalue weighted by molar-refractivity contribution is 5.87. The molecule has 0 saturated carbocycles. The average Bonchev–Trinajstić information content (AvgIpc) is 2.38. The fraction of sp³-hybridized carbons (Fsp3) is 0.467. The Balaban J connectivity index is 2.42. The van der Waals surface area contributed by atoms with Crippen molar-refractivity contribution in [1.29, 1.82) is 0 Å². The third-order valence-electron chi connectivity index (χ3n) is 2.99. The van der Waals surface area contributed by atoms with Crippen LogP contribution in [-0.4, -0.2) is 17.9 Å². The second-order valence-corrected chi connectivity index (χ2v) is 5.00. The van der Waals surface area contributed by atoms with E-state index in [-0.39, 0.29) is 11.8 Å². The summed E-state index contributed by atoms with van der Waals surface area (Å²) in [7, 11) is 0. The highest BCUT2D eigenvalue weighted by Crippen LogP contribution is 2.07. The number of carbonyl (C=O) groups is 2. The molecule has 2 amide bonds. The smallest absolute Gasteiger partial charge is 0.239 e. The molecular formula is C15H22N2O2. The van der Waals surface area contributed by atoms with Gasteiger partial charge in [0.25, 0.3) is 0 Å². The largest absolute Gasteiger partial charge is 0.368 e. The van der Waals surface area contributed by atoms with E-state index < -0.39 is 11.9 Å². The quantitative estimate of drug-likeness (QED) is 0.784. The zero-order valence-electron chi connectivity index (χ0n) is 11.6. The molecule has 0 unspecified atom stereocenters. The van der Waals surface area contributed by atoms with Gasteiger partial charge in [0.15, 0.2) is 0 Å². The van der Waals surface area contributed by atoms with Crippen LogP contribution in [0.5, 0.6) is 0 Å². The van der Waals surface area contributed by atoms with Crippen LogP contribution in [0.1, 0.15) is 32.3 Å².